The van der Waals surface area contributed by atoms with Crippen LogP contribution in [0.1, 0.15) is 5.56 Å². The van der Waals surface area contributed by atoms with Gasteiger partial charge in [0.2, 0.25) is 11.7 Å². The van der Waals surface area contributed by atoms with Gasteiger partial charge in [0.25, 0.3) is 0 Å². The number of benzene rings is 2. The standard InChI is InChI=1S/C18H21BrN2O4/c1-11-5-6-14(13(19)7-11)20-10-17(22)21-12-8-15(23-2)18(25-4)16(9-12)24-3/h5-9,20H,10H2,1-4H3,(H,21,22). The van der Waals surface area contributed by atoms with Crippen molar-refractivity contribution in [2.75, 3.05) is 38.5 Å². The molecule has 0 aliphatic carbocycles. The van der Waals surface area contributed by atoms with Crippen LogP contribution in [0.5, 0.6) is 17.2 Å². The van der Waals surface area contributed by atoms with Crippen molar-refractivity contribution in [3.8, 4) is 17.2 Å². The molecule has 0 radical (unpaired) electrons. The van der Waals surface area contributed by atoms with Crippen molar-refractivity contribution in [1.29, 1.82) is 0 Å². The Bertz CT molecular complexity index is 740. The van der Waals surface area contributed by atoms with Gasteiger partial charge in [-0.25, -0.2) is 0 Å². The second kappa shape index (κ2) is 8.62. The van der Waals surface area contributed by atoms with E-state index in [1.54, 1.807) is 12.1 Å². The molecule has 0 unspecified atom stereocenters. The fourth-order valence-electron chi connectivity index (χ4n) is 2.30. The van der Waals surface area contributed by atoms with Crippen molar-refractivity contribution >= 4 is 33.2 Å². The molecule has 0 spiro atoms. The summed E-state index contributed by atoms with van der Waals surface area (Å²) < 4.78 is 16.7. The molecule has 0 saturated carbocycles. The molecule has 0 aliphatic rings. The zero-order valence-electron chi connectivity index (χ0n) is 14.6. The smallest absolute Gasteiger partial charge is 0.243 e. The van der Waals surface area contributed by atoms with Gasteiger partial charge in [0.15, 0.2) is 11.5 Å². The molecule has 7 heteroatoms. The van der Waals surface area contributed by atoms with Gasteiger partial charge in [-0.15, -0.1) is 0 Å². The molecule has 134 valence electrons. The minimum Gasteiger partial charge on any atom is -0.493 e. The number of hydrogen-bond donors (Lipinski definition) is 2. The summed E-state index contributed by atoms with van der Waals surface area (Å²) in [6.07, 6.45) is 0. The van der Waals surface area contributed by atoms with Gasteiger partial charge in [-0.1, -0.05) is 6.07 Å². The van der Waals surface area contributed by atoms with E-state index in [0.29, 0.717) is 22.9 Å². The summed E-state index contributed by atoms with van der Waals surface area (Å²) in [6, 6.07) is 9.25. The third kappa shape index (κ3) is 4.79. The predicted molar refractivity (Wildman–Crippen MR) is 102 cm³/mol. The number of aryl methyl sites for hydroxylation is 1. The summed E-state index contributed by atoms with van der Waals surface area (Å²) in [5.41, 5.74) is 2.55. The van der Waals surface area contributed by atoms with Gasteiger partial charge in [0.1, 0.15) is 0 Å². The SMILES string of the molecule is COc1cc(NC(=O)CNc2ccc(C)cc2Br)cc(OC)c1OC. The highest BCUT2D eigenvalue weighted by Crippen LogP contribution is 2.39. The van der Waals surface area contributed by atoms with Gasteiger partial charge in [-0.3, -0.25) is 4.79 Å². The zero-order chi connectivity index (χ0) is 18.4. The van der Waals surface area contributed by atoms with Crippen molar-refractivity contribution in [3.05, 3.63) is 40.4 Å². The molecular formula is C18H21BrN2O4. The maximum atomic E-state index is 12.2. The number of methoxy groups -OCH3 is 3. The maximum Gasteiger partial charge on any atom is 0.243 e. The van der Waals surface area contributed by atoms with Crippen LogP contribution in [0.2, 0.25) is 0 Å². The zero-order valence-corrected chi connectivity index (χ0v) is 16.2. The second-order valence-corrected chi connectivity index (χ2v) is 6.15. The molecule has 25 heavy (non-hydrogen) atoms. The summed E-state index contributed by atoms with van der Waals surface area (Å²) in [7, 11) is 4.58. The van der Waals surface area contributed by atoms with Crippen molar-refractivity contribution in [2.24, 2.45) is 0 Å². The van der Waals surface area contributed by atoms with Gasteiger partial charge < -0.3 is 24.8 Å². The Labute approximate surface area is 155 Å². The Morgan fingerprint density at radius 2 is 1.68 bits per heavy atom. The van der Waals surface area contributed by atoms with Gasteiger partial charge in [0.05, 0.1) is 27.9 Å². The van der Waals surface area contributed by atoms with Gasteiger partial charge in [0, 0.05) is 28.0 Å². The summed E-state index contributed by atoms with van der Waals surface area (Å²) in [5.74, 6) is 1.24. The molecule has 2 N–H and O–H groups in total. The number of nitrogens with one attached hydrogen (secondary N) is 2. The molecule has 2 rings (SSSR count). The van der Waals surface area contributed by atoms with E-state index in [0.717, 1.165) is 15.7 Å². The molecule has 0 saturated heterocycles. The van der Waals surface area contributed by atoms with E-state index in [1.807, 2.05) is 25.1 Å². The van der Waals surface area contributed by atoms with E-state index in [9.17, 15) is 4.79 Å². The lowest BCUT2D eigenvalue weighted by Gasteiger charge is -2.15. The minimum absolute atomic E-state index is 0.123. The summed E-state index contributed by atoms with van der Waals surface area (Å²) in [5, 5.41) is 5.91. The van der Waals surface area contributed by atoms with Crippen LogP contribution in [0.25, 0.3) is 0 Å². The van der Waals surface area contributed by atoms with E-state index >= 15 is 0 Å². The van der Waals surface area contributed by atoms with Crippen molar-refractivity contribution in [3.63, 3.8) is 0 Å². The average Bonchev–Trinajstić information content (AvgIpc) is 2.60. The van der Waals surface area contributed by atoms with E-state index in [1.165, 1.54) is 21.3 Å². The van der Waals surface area contributed by atoms with Crippen LogP contribution >= 0.6 is 15.9 Å². The Morgan fingerprint density at radius 1 is 1.04 bits per heavy atom. The van der Waals surface area contributed by atoms with E-state index in [-0.39, 0.29) is 12.5 Å². The highest BCUT2D eigenvalue weighted by Gasteiger charge is 2.14. The van der Waals surface area contributed by atoms with Gasteiger partial charge in [-0.05, 0) is 40.5 Å². The summed E-state index contributed by atoms with van der Waals surface area (Å²) in [6.45, 7) is 2.13. The number of amides is 1. The monoisotopic (exact) mass is 408 g/mol. The molecular weight excluding hydrogens is 388 g/mol. The topological polar surface area (TPSA) is 68.8 Å². The third-order valence-electron chi connectivity index (χ3n) is 3.51. The minimum atomic E-state index is -0.193. The first-order chi connectivity index (χ1) is 12.0. The molecule has 2 aromatic rings. The third-order valence-corrected chi connectivity index (χ3v) is 4.17. The number of halogens is 1. The molecule has 0 bridgehead atoms. The number of hydrogen-bond acceptors (Lipinski definition) is 5. The fraction of sp³-hybridized carbons (Fsp3) is 0.278. The van der Waals surface area contributed by atoms with E-state index < -0.39 is 0 Å². The first kappa shape index (κ1) is 18.9. The van der Waals surface area contributed by atoms with Crippen LogP contribution in [-0.4, -0.2) is 33.8 Å². The lowest BCUT2D eigenvalue weighted by atomic mass is 10.2. The van der Waals surface area contributed by atoms with Gasteiger partial charge >= 0.3 is 0 Å². The molecule has 6 nitrogen and oxygen atoms in total. The number of anilines is 2. The van der Waals surface area contributed by atoms with E-state index in [2.05, 4.69) is 26.6 Å². The van der Waals surface area contributed by atoms with E-state index in [4.69, 9.17) is 14.2 Å². The van der Waals surface area contributed by atoms with Crippen LogP contribution in [0.4, 0.5) is 11.4 Å². The molecule has 0 fully saturated rings. The maximum absolute atomic E-state index is 12.2. The van der Waals surface area contributed by atoms with Crippen LogP contribution in [0.3, 0.4) is 0 Å². The highest BCUT2D eigenvalue weighted by atomic mass is 79.9. The lowest BCUT2D eigenvalue weighted by Crippen LogP contribution is -2.22. The molecule has 0 aliphatic heterocycles. The summed E-state index contributed by atoms with van der Waals surface area (Å²) >= 11 is 3.48. The quantitative estimate of drug-likeness (QED) is 0.728. The van der Waals surface area contributed by atoms with Crippen molar-refractivity contribution in [1.82, 2.24) is 0 Å². The lowest BCUT2D eigenvalue weighted by molar-refractivity contribution is -0.114. The summed E-state index contributed by atoms with van der Waals surface area (Å²) in [4.78, 5) is 12.2. The van der Waals surface area contributed by atoms with Crippen LogP contribution in [0, 0.1) is 6.92 Å². The second-order valence-electron chi connectivity index (χ2n) is 5.30. The molecule has 2 aromatic carbocycles. The first-order valence-electron chi connectivity index (χ1n) is 7.58. The van der Waals surface area contributed by atoms with Crippen LogP contribution < -0.4 is 24.8 Å². The normalized spacial score (nSPS) is 10.1. The number of carbonyl (C=O) groups excluding carboxylic acids is 1. The highest BCUT2D eigenvalue weighted by molar-refractivity contribution is 9.10. The Balaban J connectivity index is 2.07. The Kier molecular flexibility index (Phi) is 6.52. The molecule has 1 amide bonds. The first-order valence-corrected chi connectivity index (χ1v) is 8.37. The fourth-order valence-corrected chi connectivity index (χ4v) is 2.93. The number of carbonyl (C=O) groups is 1. The van der Waals surface area contributed by atoms with Gasteiger partial charge in [-0.2, -0.15) is 0 Å². The Hall–Kier alpha value is -2.41. The molecule has 0 atom stereocenters. The molecule has 0 aromatic heterocycles. The van der Waals surface area contributed by atoms with Crippen LogP contribution in [-0.2, 0) is 4.79 Å². The van der Waals surface area contributed by atoms with Crippen molar-refractivity contribution in [2.45, 2.75) is 6.92 Å². The molecule has 0 heterocycles. The average molecular weight is 409 g/mol. The largest absolute Gasteiger partial charge is 0.493 e. The number of ether oxygens (including phenoxy) is 3. The number of rotatable bonds is 7. The predicted octanol–water partition coefficient (Wildman–Crippen LogP) is 3.83. The van der Waals surface area contributed by atoms with Crippen LogP contribution in [0.15, 0.2) is 34.8 Å². The Morgan fingerprint density at radius 3 is 2.20 bits per heavy atom. The van der Waals surface area contributed by atoms with Crippen molar-refractivity contribution < 1.29 is 19.0 Å².